The van der Waals surface area contributed by atoms with Crippen LogP contribution in [0.5, 0.6) is 0 Å². The Labute approximate surface area is 93.5 Å². The molecule has 1 unspecified atom stereocenters. The second kappa shape index (κ2) is 4.66. The van der Waals surface area contributed by atoms with Crippen LogP contribution in [0.1, 0.15) is 13.8 Å². The molecule has 0 heterocycles. The van der Waals surface area contributed by atoms with Gasteiger partial charge in [-0.15, -0.1) is 0 Å². The summed E-state index contributed by atoms with van der Waals surface area (Å²) in [6, 6.07) is 10.6. The number of hydrogen-bond acceptors (Lipinski definition) is 1. The van der Waals surface area contributed by atoms with Gasteiger partial charge in [0.15, 0.2) is 0 Å². The third-order valence-electron chi connectivity index (χ3n) is 3.15. The van der Waals surface area contributed by atoms with Gasteiger partial charge < -0.3 is 5.11 Å². The molecule has 82 valence electrons. The zero-order valence-corrected chi connectivity index (χ0v) is 11.0. The first kappa shape index (κ1) is 12.0. The highest BCUT2D eigenvalue weighted by molar-refractivity contribution is 6.91. The highest BCUT2D eigenvalue weighted by atomic mass is 28.3. The van der Waals surface area contributed by atoms with Crippen LogP contribution in [0.3, 0.4) is 0 Å². The lowest BCUT2D eigenvalue weighted by atomic mass is 10.4. The molecule has 1 N–H and O–H groups in total. The highest BCUT2D eigenvalue weighted by Crippen LogP contribution is 2.23. The average molecular weight is 220 g/mol. The molecule has 1 aromatic rings. The Morgan fingerprint density at radius 2 is 1.80 bits per heavy atom. The number of aliphatic hydroxyl groups is 1. The predicted octanol–water partition coefficient (Wildman–Crippen LogP) is 3.45. The van der Waals surface area contributed by atoms with E-state index in [9.17, 15) is 5.11 Å². The van der Waals surface area contributed by atoms with Crippen LogP contribution in [0.15, 0.2) is 42.2 Å². The third kappa shape index (κ3) is 2.96. The summed E-state index contributed by atoms with van der Waals surface area (Å²) in [7, 11) is -1.48. The quantitative estimate of drug-likeness (QED) is 0.611. The molecule has 1 atom stereocenters. The van der Waals surface area contributed by atoms with Gasteiger partial charge in [0.25, 0.3) is 0 Å². The number of aliphatic hydroxyl groups excluding tert-OH is 1. The maximum atomic E-state index is 9.32. The molecular weight excluding hydrogens is 200 g/mol. The minimum absolute atomic E-state index is 0.430. The van der Waals surface area contributed by atoms with Crippen molar-refractivity contribution in [1.29, 1.82) is 0 Å². The normalized spacial score (nSPS) is 15.1. The Bertz CT molecular complexity index is 337. The van der Waals surface area contributed by atoms with Crippen LogP contribution in [-0.4, -0.2) is 13.2 Å². The molecule has 1 aromatic carbocycles. The predicted molar refractivity (Wildman–Crippen MR) is 69.4 cm³/mol. The van der Waals surface area contributed by atoms with Gasteiger partial charge in [-0.25, -0.2) is 0 Å². The fourth-order valence-electron chi connectivity index (χ4n) is 1.70. The van der Waals surface area contributed by atoms with E-state index in [0.717, 1.165) is 0 Å². The van der Waals surface area contributed by atoms with Gasteiger partial charge in [-0.05, 0) is 18.5 Å². The molecule has 0 aliphatic rings. The van der Waals surface area contributed by atoms with Crippen LogP contribution in [0.2, 0.25) is 18.6 Å². The minimum atomic E-state index is -1.48. The van der Waals surface area contributed by atoms with Crippen LogP contribution >= 0.6 is 0 Å². The summed E-state index contributed by atoms with van der Waals surface area (Å²) in [5.74, 6) is 0.430. The monoisotopic (exact) mass is 220 g/mol. The Balaban J connectivity index is 2.97. The number of allylic oxidation sites excluding steroid dienone is 2. The second-order valence-electron chi connectivity index (χ2n) is 4.68. The summed E-state index contributed by atoms with van der Waals surface area (Å²) < 4.78 is 0. The second-order valence-corrected chi connectivity index (χ2v) is 9.62. The van der Waals surface area contributed by atoms with Crippen molar-refractivity contribution in [2.24, 2.45) is 0 Å². The molecule has 1 rings (SSSR count). The first-order valence-electron chi connectivity index (χ1n) is 5.37. The Hall–Kier alpha value is -1.02. The van der Waals surface area contributed by atoms with Crippen LogP contribution in [-0.2, 0) is 0 Å². The van der Waals surface area contributed by atoms with E-state index in [4.69, 9.17) is 0 Å². The molecule has 2 heteroatoms. The Morgan fingerprint density at radius 3 is 2.27 bits per heavy atom. The lowest BCUT2D eigenvalue weighted by Gasteiger charge is -2.28. The largest absolute Gasteiger partial charge is 0.513 e. The molecule has 0 saturated carbocycles. The molecule has 0 aliphatic carbocycles. The van der Waals surface area contributed by atoms with E-state index in [1.54, 1.807) is 6.92 Å². The van der Waals surface area contributed by atoms with Crippen LogP contribution in [0.4, 0.5) is 0 Å². The molecule has 15 heavy (non-hydrogen) atoms. The summed E-state index contributed by atoms with van der Waals surface area (Å²) in [6.45, 7) is 8.61. The molecule has 0 amide bonds. The fourth-order valence-corrected chi connectivity index (χ4v) is 3.94. The van der Waals surface area contributed by atoms with E-state index in [1.165, 1.54) is 5.19 Å². The van der Waals surface area contributed by atoms with Crippen LogP contribution < -0.4 is 5.19 Å². The van der Waals surface area contributed by atoms with E-state index in [0.29, 0.717) is 11.3 Å². The fraction of sp³-hybridized carbons (Fsp3) is 0.385. The zero-order valence-electron chi connectivity index (χ0n) is 9.99. The lowest BCUT2D eigenvalue weighted by Crippen LogP contribution is -2.44. The van der Waals surface area contributed by atoms with Crippen molar-refractivity contribution in [2.45, 2.75) is 32.5 Å². The Kier molecular flexibility index (Phi) is 3.75. The van der Waals surface area contributed by atoms with Gasteiger partial charge in [0, 0.05) is 0 Å². The van der Waals surface area contributed by atoms with Crippen molar-refractivity contribution in [3.8, 4) is 0 Å². The lowest BCUT2D eigenvalue weighted by molar-refractivity contribution is 0.411. The molecule has 0 aliphatic heterocycles. The van der Waals surface area contributed by atoms with Gasteiger partial charge in [-0.2, -0.15) is 0 Å². The Morgan fingerprint density at radius 1 is 1.27 bits per heavy atom. The number of hydrogen-bond donors (Lipinski definition) is 1. The van der Waals surface area contributed by atoms with Gasteiger partial charge in [0.1, 0.15) is 0 Å². The maximum absolute atomic E-state index is 9.32. The molecule has 0 fully saturated rings. The molecule has 0 bridgehead atoms. The smallest absolute Gasteiger partial charge is 0.0872 e. The highest BCUT2D eigenvalue weighted by Gasteiger charge is 2.28. The molecule has 0 spiro atoms. The van der Waals surface area contributed by atoms with Gasteiger partial charge in [0.05, 0.1) is 13.8 Å². The molecular formula is C13H20OSi. The molecule has 0 radical (unpaired) electrons. The average Bonchev–Trinajstić information content (AvgIpc) is 2.18. The molecule has 0 aromatic heterocycles. The van der Waals surface area contributed by atoms with Crippen molar-refractivity contribution in [3.63, 3.8) is 0 Å². The van der Waals surface area contributed by atoms with Gasteiger partial charge >= 0.3 is 0 Å². The summed E-state index contributed by atoms with van der Waals surface area (Å²) in [6.07, 6.45) is 1.97. The van der Waals surface area contributed by atoms with Crippen molar-refractivity contribution in [3.05, 3.63) is 42.2 Å². The van der Waals surface area contributed by atoms with E-state index in [2.05, 4.69) is 44.3 Å². The minimum Gasteiger partial charge on any atom is -0.513 e. The molecule has 0 saturated heterocycles. The number of benzene rings is 1. The summed E-state index contributed by atoms with van der Waals surface area (Å²) in [5, 5.41) is 10.8. The van der Waals surface area contributed by atoms with Crippen molar-refractivity contribution in [2.75, 3.05) is 0 Å². The van der Waals surface area contributed by atoms with Crippen molar-refractivity contribution in [1.82, 2.24) is 0 Å². The van der Waals surface area contributed by atoms with E-state index < -0.39 is 8.07 Å². The third-order valence-corrected chi connectivity index (χ3v) is 7.41. The van der Waals surface area contributed by atoms with E-state index in [1.807, 2.05) is 12.1 Å². The summed E-state index contributed by atoms with van der Waals surface area (Å²) >= 11 is 0. The van der Waals surface area contributed by atoms with E-state index >= 15 is 0 Å². The standard InChI is InChI=1S/C13H20OSi/c1-11(14)10-12(2)15(3,4)13-8-6-5-7-9-13/h5-10,12,14H,1-4H3/b11-10-. The van der Waals surface area contributed by atoms with Crippen LogP contribution in [0.25, 0.3) is 0 Å². The maximum Gasteiger partial charge on any atom is 0.0872 e. The summed E-state index contributed by atoms with van der Waals surface area (Å²) in [5.41, 5.74) is 0.449. The summed E-state index contributed by atoms with van der Waals surface area (Å²) in [4.78, 5) is 0. The zero-order chi connectivity index (χ0) is 11.5. The SMILES string of the molecule is C/C(O)=C/C(C)[Si](C)(C)c1ccccc1. The van der Waals surface area contributed by atoms with Gasteiger partial charge in [-0.1, -0.05) is 55.5 Å². The first-order chi connectivity index (χ1) is 6.94. The van der Waals surface area contributed by atoms with Gasteiger partial charge in [0.2, 0.25) is 0 Å². The topological polar surface area (TPSA) is 20.2 Å². The van der Waals surface area contributed by atoms with Crippen molar-refractivity contribution < 1.29 is 5.11 Å². The van der Waals surface area contributed by atoms with Crippen molar-refractivity contribution >= 4 is 13.3 Å². The van der Waals surface area contributed by atoms with E-state index in [-0.39, 0.29) is 0 Å². The van der Waals surface area contributed by atoms with Gasteiger partial charge in [-0.3, -0.25) is 0 Å². The molecule has 1 nitrogen and oxygen atoms in total. The van der Waals surface area contributed by atoms with Crippen LogP contribution in [0, 0.1) is 0 Å². The first-order valence-corrected chi connectivity index (χ1v) is 8.45. The number of rotatable bonds is 3.